The molecule has 3 aromatic heterocycles. The lowest BCUT2D eigenvalue weighted by atomic mass is 10.1. The number of nitriles is 1. The highest BCUT2D eigenvalue weighted by Crippen LogP contribution is 2.37. The van der Waals surface area contributed by atoms with Gasteiger partial charge in [-0.05, 0) is 49.7 Å². The van der Waals surface area contributed by atoms with Crippen LogP contribution in [0.2, 0.25) is 10.0 Å². The summed E-state index contributed by atoms with van der Waals surface area (Å²) in [5, 5.41) is 28.6. The SMILES string of the molecule is CCN1CCC(n2cc(C(Nc3cc(Cl)c4ncc(C#N)c(Nc5ccc(F)c(Cl)c5)c4c3)c3cscn3)nn2)CC1. The Hall–Kier alpha value is -3.82. The Morgan fingerprint density at radius 2 is 1.93 bits per heavy atom. The van der Waals surface area contributed by atoms with Crippen molar-refractivity contribution >= 4 is 62.5 Å². The average molecular weight is 623 g/mol. The van der Waals surface area contributed by atoms with Crippen LogP contribution in [0.15, 0.2) is 53.6 Å². The Morgan fingerprint density at radius 1 is 1.12 bits per heavy atom. The zero-order valence-corrected chi connectivity index (χ0v) is 24.9. The topological polar surface area (TPSA) is 108 Å². The Morgan fingerprint density at radius 3 is 2.64 bits per heavy atom. The molecule has 0 spiro atoms. The van der Waals surface area contributed by atoms with Crippen LogP contribution in [-0.4, -0.2) is 49.5 Å². The molecule has 214 valence electrons. The third-order valence-corrected chi connectivity index (χ3v) is 8.68. The minimum absolute atomic E-state index is 0.0349. The molecule has 1 atom stereocenters. The van der Waals surface area contributed by atoms with E-state index in [1.807, 2.05) is 22.3 Å². The van der Waals surface area contributed by atoms with Crippen molar-refractivity contribution in [1.82, 2.24) is 29.9 Å². The molecule has 0 saturated carbocycles. The minimum atomic E-state index is -0.534. The molecule has 1 aliphatic rings. The highest BCUT2D eigenvalue weighted by molar-refractivity contribution is 7.07. The van der Waals surface area contributed by atoms with Crippen LogP contribution >= 0.6 is 34.5 Å². The lowest BCUT2D eigenvalue weighted by Crippen LogP contribution is -2.34. The molecule has 2 N–H and O–H groups in total. The molecule has 1 fully saturated rings. The first kappa shape index (κ1) is 28.3. The number of halogens is 3. The molecule has 42 heavy (non-hydrogen) atoms. The van der Waals surface area contributed by atoms with Crippen molar-refractivity contribution in [3.63, 3.8) is 0 Å². The number of nitrogens with zero attached hydrogens (tertiary/aromatic N) is 7. The number of pyridine rings is 1. The number of aromatic nitrogens is 5. The average Bonchev–Trinajstić information content (AvgIpc) is 3.72. The first-order chi connectivity index (χ1) is 20.4. The number of rotatable bonds is 8. The van der Waals surface area contributed by atoms with Gasteiger partial charge in [0.15, 0.2) is 0 Å². The molecule has 9 nitrogen and oxygen atoms in total. The maximum absolute atomic E-state index is 13.8. The van der Waals surface area contributed by atoms with Crippen LogP contribution in [0.3, 0.4) is 0 Å². The normalized spacial score (nSPS) is 15.0. The first-order valence-corrected chi connectivity index (χ1v) is 15.2. The lowest BCUT2D eigenvalue weighted by molar-refractivity contribution is 0.186. The summed E-state index contributed by atoms with van der Waals surface area (Å²) >= 11 is 14.2. The van der Waals surface area contributed by atoms with E-state index in [0.717, 1.165) is 43.9 Å². The van der Waals surface area contributed by atoms with Crippen LogP contribution in [0.1, 0.15) is 48.8 Å². The summed E-state index contributed by atoms with van der Waals surface area (Å²) in [6.07, 6.45) is 5.49. The van der Waals surface area contributed by atoms with Crippen LogP contribution in [0.5, 0.6) is 0 Å². The van der Waals surface area contributed by atoms with Crippen LogP contribution in [0, 0.1) is 17.1 Å². The highest BCUT2D eigenvalue weighted by atomic mass is 35.5. The molecule has 0 radical (unpaired) electrons. The van der Waals surface area contributed by atoms with E-state index in [2.05, 4.69) is 48.8 Å². The van der Waals surface area contributed by atoms with Crippen molar-refractivity contribution < 1.29 is 4.39 Å². The molecular formula is C29H26Cl2FN9S. The number of hydrogen-bond donors (Lipinski definition) is 2. The molecule has 1 saturated heterocycles. The van der Waals surface area contributed by atoms with Crippen molar-refractivity contribution in [2.24, 2.45) is 0 Å². The predicted octanol–water partition coefficient (Wildman–Crippen LogP) is 7.20. The monoisotopic (exact) mass is 621 g/mol. The number of hydrogen-bond acceptors (Lipinski definition) is 9. The number of anilines is 3. The van der Waals surface area contributed by atoms with E-state index in [-0.39, 0.29) is 5.02 Å². The minimum Gasteiger partial charge on any atom is -0.371 e. The van der Waals surface area contributed by atoms with Crippen molar-refractivity contribution in [2.75, 3.05) is 30.3 Å². The zero-order valence-electron chi connectivity index (χ0n) is 22.6. The standard InChI is InChI=1S/C29H26Cl2FN9S/c1-2-40-7-5-20(6-8-40)41-14-25(38-39-41)29(26-15-42-16-35-26)37-19-9-21-27(36-18-3-4-24(32)22(30)10-18)17(12-33)13-34-28(21)23(31)11-19/h3-4,9-11,13-16,20,29,37H,2,5-8H2,1H3,(H,34,36). The fraction of sp³-hybridized carbons (Fsp3) is 0.276. The summed E-state index contributed by atoms with van der Waals surface area (Å²) in [6, 6.07) is 10.00. The second kappa shape index (κ2) is 12.2. The van der Waals surface area contributed by atoms with Gasteiger partial charge in [0.25, 0.3) is 0 Å². The van der Waals surface area contributed by atoms with Crippen LogP contribution < -0.4 is 10.6 Å². The Bertz CT molecular complexity index is 1760. The second-order valence-electron chi connectivity index (χ2n) is 10.0. The quantitative estimate of drug-likeness (QED) is 0.187. The van der Waals surface area contributed by atoms with Gasteiger partial charge >= 0.3 is 0 Å². The van der Waals surface area contributed by atoms with Gasteiger partial charge in [-0.15, -0.1) is 16.4 Å². The largest absolute Gasteiger partial charge is 0.371 e. The van der Waals surface area contributed by atoms with Crippen molar-refractivity contribution in [3.8, 4) is 6.07 Å². The van der Waals surface area contributed by atoms with Gasteiger partial charge in [-0.1, -0.05) is 35.3 Å². The molecule has 4 heterocycles. The van der Waals surface area contributed by atoms with E-state index in [4.69, 9.17) is 23.2 Å². The molecule has 0 bridgehead atoms. The number of piperidine rings is 1. The molecule has 0 aliphatic carbocycles. The molecule has 2 aromatic carbocycles. The second-order valence-corrected chi connectivity index (χ2v) is 11.6. The summed E-state index contributed by atoms with van der Waals surface area (Å²) in [5.74, 6) is -0.534. The smallest absolute Gasteiger partial charge is 0.141 e. The Kier molecular flexibility index (Phi) is 8.22. The van der Waals surface area contributed by atoms with Gasteiger partial charge in [0.1, 0.15) is 23.6 Å². The van der Waals surface area contributed by atoms with E-state index >= 15 is 0 Å². The molecule has 1 unspecified atom stereocenters. The van der Waals surface area contributed by atoms with E-state index in [1.54, 1.807) is 17.6 Å². The van der Waals surface area contributed by atoms with Crippen LogP contribution in [0.4, 0.5) is 21.5 Å². The molecule has 5 aromatic rings. The van der Waals surface area contributed by atoms with E-state index < -0.39 is 11.9 Å². The summed E-state index contributed by atoms with van der Waals surface area (Å²) in [4.78, 5) is 11.4. The van der Waals surface area contributed by atoms with Crippen molar-refractivity contribution in [2.45, 2.75) is 31.8 Å². The summed E-state index contributed by atoms with van der Waals surface area (Å²) in [7, 11) is 0. The maximum atomic E-state index is 13.8. The van der Waals surface area contributed by atoms with Crippen LogP contribution in [-0.2, 0) is 0 Å². The predicted molar refractivity (Wildman–Crippen MR) is 164 cm³/mol. The Balaban J connectivity index is 1.36. The van der Waals surface area contributed by atoms with Gasteiger partial charge < -0.3 is 15.5 Å². The maximum Gasteiger partial charge on any atom is 0.141 e. The number of benzene rings is 2. The van der Waals surface area contributed by atoms with Gasteiger partial charge in [0.2, 0.25) is 0 Å². The van der Waals surface area contributed by atoms with Crippen LogP contribution in [0.25, 0.3) is 10.9 Å². The zero-order chi connectivity index (χ0) is 29.2. The number of nitrogens with one attached hydrogen (secondary N) is 2. The first-order valence-electron chi connectivity index (χ1n) is 13.5. The number of fused-ring (bicyclic) bond motifs is 1. The molecule has 6 rings (SSSR count). The van der Waals surface area contributed by atoms with Gasteiger partial charge in [-0.25, -0.2) is 14.1 Å². The summed E-state index contributed by atoms with van der Waals surface area (Å²) in [5.41, 5.74) is 5.78. The number of thiazole rings is 1. The Labute approximate surface area is 255 Å². The van der Waals surface area contributed by atoms with E-state index in [9.17, 15) is 9.65 Å². The molecular weight excluding hydrogens is 596 g/mol. The highest BCUT2D eigenvalue weighted by Gasteiger charge is 2.25. The molecule has 13 heteroatoms. The number of likely N-dealkylation sites (tertiary alicyclic amines) is 1. The van der Waals surface area contributed by atoms with Crippen molar-refractivity contribution in [1.29, 1.82) is 5.26 Å². The fourth-order valence-corrected chi connectivity index (χ4v) is 6.24. The summed E-state index contributed by atoms with van der Waals surface area (Å²) < 4.78 is 15.8. The van der Waals surface area contributed by atoms with Gasteiger partial charge in [-0.2, -0.15) is 5.26 Å². The van der Waals surface area contributed by atoms with Gasteiger partial charge in [0, 0.05) is 41.4 Å². The van der Waals surface area contributed by atoms with Gasteiger partial charge in [-0.3, -0.25) is 4.98 Å². The van der Waals surface area contributed by atoms with Crippen molar-refractivity contribution in [3.05, 3.63) is 86.4 Å². The van der Waals surface area contributed by atoms with E-state index in [0.29, 0.717) is 44.6 Å². The lowest BCUT2D eigenvalue weighted by Gasteiger charge is -2.30. The van der Waals surface area contributed by atoms with E-state index in [1.165, 1.54) is 29.7 Å². The molecule has 1 aliphatic heterocycles. The van der Waals surface area contributed by atoms with Gasteiger partial charge in [0.05, 0.1) is 50.3 Å². The third-order valence-electron chi connectivity index (χ3n) is 7.49. The third kappa shape index (κ3) is 5.76. The summed E-state index contributed by atoms with van der Waals surface area (Å²) in [6.45, 7) is 5.32. The molecule has 0 amide bonds. The fourth-order valence-electron chi connectivity index (χ4n) is 5.21.